The van der Waals surface area contributed by atoms with Gasteiger partial charge in [-0.3, -0.25) is 0 Å². The van der Waals surface area contributed by atoms with E-state index in [9.17, 15) is 0 Å². The Morgan fingerprint density at radius 1 is 1.11 bits per heavy atom. The van der Waals surface area contributed by atoms with Crippen molar-refractivity contribution in [2.45, 2.75) is 45.4 Å². The number of hydrogen-bond acceptors (Lipinski definition) is 8. The van der Waals surface area contributed by atoms with Crippen LogP contribution >= 0.6 is 0 Å². The number of aliphatic hydroxyl groups is 2. The monoisotopic (exact) mass is 398 g/mol. The van der Waals surface area contributed by atoms with Crippen LogP contribution in [0.5, 0.6) is 0 Å². The lowest BCUT2D eigenvalue weighted by Crippen LogP contribution is -2.43. The lowest BCUT2D eigenvalue weighted by Gasteiger charge is -2.30. The molecule has 0 atom stereocenters. The molecule has 0 spiro atoms. The van der Waals surface area contributed by atoms with Crippen LogP contribution in [0, 0.1) is 11.8 Å². The van der Waals surface area contributed by atoms with Crippen LogP contribution < -0.4 is 10.6 Å². The summed E-state index contributed by atoms with van der Waals surface area (Å²) >= 11 is 0. The predicted octanol–water partition coefficient (Wildman–Crippen LogP) is 0.796. The van der Waals surface area contributed by atoms with Gasteiger partial charge < -0.3 is 35.5 Å². The van der Waals surface area contributed by atoms with E-state index in [2.05, 4.69) is 20.2 Å². The van der Waals surface area contributed by atoms with Gasteiger partial charge in [0.15, 0.2) is 0 Å². The summed E-state index contributed by atoms with van der Waals surface area (Å²) in [5, 5.41) is 33.2. The van der Waals surface area contributed by atoms with Crippen LogP contribution in [-0.2, 0) is 0 Å². The van der Waals surface area contributed by atoms with Gasteiger partial charge in [-0.1, -0.05) is 19.0 Å². The lowest BCUT2D eigenvalue weighted by atomic mass is 9.98. The van der Waals surface area contributed by atoms with Crippen molar-refractivity contribution in [3.8, 4) is 0 Å². The molecule has 0 aromatic carbocycles. The lowest BCUT2D eigenvalue weighted by molar-refractivity contribution is 0.163. The molecule has 0 aliphatic carbocycles. The minimum atomic E-state index is 0.173. The molecule has 2 saturated heterocycles. The Bertz CT molecular complexity index is 593. The van der Waals surface area contributed by atoms with Crippen LogP contribution in [-0.4, -0.2) is 75.8 Å². The van der Waals surface area contributed by atoms with Crippen molar-refractivity contribution in [1.29, 1.82) is 0 Å². The van der Waals surface area contributed by atoms with Gasteiger partial charge in [0.25, 0.3) is 5.95 Å². The Kier molecular flexibility index (Phi) is 8.78. The van der Waals surface area contributed by atoms with Crippen molar-refractivity contribution in [1.82, 2.24) is 15.0 Å². The first-order valence-electron chi connectivity index (χ1n) is 10.0. The van der Waals surface area contributed by atoms with E-state index in [1.54, 1.807) is 0 Å². The van der Waals surface area contributed by atoms with Crippen LogP contribution in [0.4, 0.5) is 5.95 Å². The standard InChI is InChI=1S/C11H19N3O2.C7H15N3O2/c1-8(2)10-12-11(13-16-10)14-5-3-9(7-15)4-6-14;8-7(9-12)10-3-1-6(5-11)2-4-10/h8-9,15H,3-7H2,1-2H3;6,11-12H,1-5H2,(H2,8,9). The number of nitrogens with zero attached hydrogens (tertiary/aromatic N) is 5. The average Bonchev–Trinajstić information content (AvgIpc) is 3.24. The van der Waals surface area contributed by atoms with Crippen LogP contribution in [0.2, 0.25) is 0 Å². The zero-order valence-corrected chi connectivity index (χ0v) is 16.9. The summed E-state index contributed by atoms with van der Waals surface area (Å²) in [5.74, 6) is 2.66. The number of piperidine rings is 2. The molecule has 3 rings (SSSR count). The quantitative estimate of drug-likeness (QED) is 0.250. The van der Waals surface area contributed by atoms with E-state index in [0.717, 1.165) is 51.9 Å². The number of guanidine groups is 1. The Morgan fingerprint density at radius 2 is 1.64 bits per heavy atom. The highest BCUT2D eigenvalue weighted by Crippen LogP contribution is 2.22. The summed E-state index contributed by atoms with van der Waals surface area (Å²) in [6.07, 6.45) is 3.82. The third-order valence-electron chi connectivity index (χ3n) is 5.38. The fourth-order valence-corrected chi connectivity index (χ4v) is 3.31. The van der Waals surface area contributed by atoms with Crippen LogP contribution in [0.25, 0.3) is 0 Å². The number of hydrogen-bond donors (Lipinski definition) is 4. The van der Waals surface area contributed by atoms with E-state index in [1.165, 1.54) is 0 Å². The SMILES string of the molecule is CC(C)c1nc(N2CCC(CO)CC2)no1.N/C(=N\O)N1CCC(CO)CC1. The normalized spacial score (nSPS) is 19.7. The topological polar surface area (TPSA) is 144 Å². The predicted molar refractivity (Wildman–Crippen MR) is 105 cm³/mol. The van der Waals surface area contributed by atoms with Gasteiger partial charge in [0.05, 0.1) is 0 Å². The summed E-state index contributed by atoms with van der Waals surface area (Å²) in [5.41, 5.74) is 5.40. The Morgan fingerprint density at radius 3 is 2.07 bits per heavy atom. The zero-order chi connectivity index (χ0) is 20.5. The molecule has 0 radical (unpaired) electrons. The fourth-order valence-electron chi connectivity index (χ4n) is 3.31. The van der Waals surface area contributed by atoms with Crippen molar-refractivity contribution in [2.24, 2.45) is 22.7 Å². The van der Waals surface area contributed by atoms with Gasteiger partial charge in [-0.15, -0.1) is 0 Å². The number of nitrogens with two attached hydrogens (primary N) is 1. The number of aromatic nitrogens is 2. The number of oxime groups is 1. The Balaban J connectivity index is 0.000000209. The molecule has 28 heavy (non-hydrogen) atoms. The molecule has 10 heteroatoms. The molecule has 2 aliphatic rings. The van der Waals surface area contributed by atoms with E-state index >= 15 is 0 Å². The zero-order valence-electron chi connectivity index (χ0n) is 16.9. The molecule has 5 N–H and O–H groups in total. The van der Waals surface area contributed by atoms with Gasteiger partial charge in [-0.25, -0.2) is 0 Å². The Hall–Kier alpha value is -2.07. The van der Waals surface area contributed by atoms with Gasteiger partial charge in [-0.05, 0) is 42.7 Å². The van der Waals surface area contributed by atoms with Gasteiger partial charge in [0, 0.05) is 45.3 Å². The van der Waals surface area contributed by atoms with Gasteiger partial charge in [-0.2, -0.15) is 4.98 Å². The third kappa shape index (κ3) is 6.23. The number of aliphatic hydroxyl groups excluding tert-OH is 2. The maximum absolute atomic E-state index is 9.06. The highest BCUT2D eigenvalue weighted by atomic mass is 16.5. The average molecular weight is 399 g/mol. The summed E-state index contributed by atoms with van der Waals surface area (Å²) < 4.78 is 5.18. The molecule has 2 fully saturated rings. The molecule has 2 aliphatic heterocycles. The smallest absolute Gasteiger partial charge is 0.266 e. The van der Waals surface area contributed by atoms with E-state index in [1.807, 2.05) is 18.7 Å². The molecule has 0 unspecified atom stereocenters. The molecule has 1 aromatic heterocycles. The molecule has 160 valence electrons. The first-order valence-corrected chi connectivity index (χ1v) is 10.0. The van der Waals surface area contributed by atoms with E-state index < -0.39 is 0 Å². The molecule has 3 heterocycles. The molecule has 0 amide bonds. The van der Waals surface area contributed by atoms with Gasteiger partial charge in [0.2, 0.25) is 11.9 Å². The summed E-state index contributed by atoms with van der Waals surface area (Å²) in [6.45, 7) is 7.94. The number of anilines is 1. The minimum absolute atomic E-state index is 0.173. The second-order valence-electron chi connectivity index (χ2n) is 7.77. The van der Waals surface area contributed by atoms with Gasteiger partial charge in [0.1, 0.15) is 0 Å². The summed E-state index contributed by atoms with van der Waals surface area (Å²) in [4.78, 5) is 8.31. The van der Waals surface area contributed by atoms with Crippen molar-refractivity contribution in [2.75, 3.05) is 44.3 Å². The highest BCUT2D eigenvalue weighted by molar-refractivity contribution is 5.77. The maximum Gasteiger partial charge on any atom is 0.266 e. The Labute approximate surface area is 166 Å². The maximum atomic E-state index is 9.06. The van der Waals surface area contributed by atoms with E-state index in [4.69, 9.17) is 25.7 Å². The van der Waals surface area contributed by atoms with Crippen LogP contribution in [0.3, 0.4) is 0 Å². The molecule has 0 saturated carbocycles. The van der Waals surface area contributed by atoms with Crippen molar-refractivity contribution >= 4 is 11.9 Å². The molecule has 0 bridgehead atoms. The number of likely N-dealkylation sites (tertiary alicyclic amines) is 1. The van der Waals surface area contributed by atoms with E-state index in [0.29, 0.717) is 23.7 Å². The molecular formula is C18H34N6O4. The van der Waals surface area contributed by atoms with Crippen LogP contribution in [0.1, 0.15) is 51.3 Å². The summed E-state index contributed by atoms with van der Waals surface area (Å²) in [6, 6.07) is 0. The summed E-state index contributed by atoms with van der Waals surface area (Å²) in [7, 11) is 0. The minimum Gasteiger partial charge on any atom is -0.408 e. The molecular weight excluding hydrogens is 364 g/mol. The van der Waals surface area contributed by atoms with Crippen molar-refractivity contribution < 1.29 is 19.9 Å². The highest BCUT2D eigenvalue weighted by Gasteiger charge is 2.22. The first-order chi connectivity index (χ1) is 13.5. The number of rotatable bonds is 4. The van der Waals surface area contributed by atoms with Crippen molar-refractivity contribution in [3.05, 3.63) is 5.89 Å². The largest absolute Gasteiger partial charge is 0.408 e. The second-order valence-corrected chi connectivity index (χ2v) is 7.77. The van der Waals surface area contributed by atoms with E-state index in [-0.39, 0.29) is 25.1 Å². The third-order valence-corrected chi connectivity index (χ3v) is 5.38. The molecule has 1 aromatic rings. The fraction of sp³-hybridized carbons (Fsp3) is 0.833. The first kappa shape index (κ1) is 22.2. The van der Waals surface area contributed by atoms with Crippen molar-refractivity contribution in [3.63, 3.8) is 0 Å². The molecule has 10 nitrogen and oxygen atoms in total. The van der Waals surface area contributed by atoms with Gasteiger partial charge >= 0.3 is 0 Å². The second kappa shape index (κ2) is 11.1. The van der Waals surface area contributed by atoms with Crippen LogP contribution in [0.15, 0.2) is 9.68 Å².